The third-order valence-corrected chi connectivity index (χ3v) is 4.06. The Labute approximate surface area is 150 Å². The highest BCUT2D eigenvalue weighted by atomic mass is 35.5. The van der Waals surface area contributed by atoms with E-state index in [1.54, 1.807) is 0 Å². The Bertz CT molecular complexity index is 894. The van der Waals surface area contributed by atoms with Crippen molar-refractivity contribution in [3.63, 3.8) is 0 Å². The van der Waals surface area contributed by atoms with E-state index in [0.29, 0.717) is 33.9 Å². The largest absolute Gasteiger partial charge is 0.362 e. The number of thiol groups is 1. The Morgan fingerprint density at radius 1 is 1.33 bits per heavy atom. The normalized spacial score (nSPS) is 10.6. The van der Waals surface area contributed by atoms with Crippen molar-refractivity contribution >= 4 is 35.6 Å². The average Bonchev–Trinajstić information content (AvgIpc) is 3.01. The molecule has 0 radical (unpaired) electrons. The highest BCUT2D eigenvalue weighted by molar-refractivity contribution is 7.80. The molecule has 0 amide bonds. The number of aromatic nitrogens is 3. The monoisotopic (exact) mass is 358 g/mol. The summed E-state index contributed by atoms with van der Waals surface area (Å²) in [5.74, 6) is 1.31. The smallest absolute Gasteiger partial charge is 0.156 e. The molecule has 2 heterocycles. The van der Waals surface area contributed by atoms with Gasteiger partial charge in [0.2, 0.25) is 0 Å². The molecule has 0 aliphatic heterocycles. The summed E-state index contributed by atoms with van der Waals surface area (Å²) in [7, 11) is 0. The number of halogens is 1. The number of allylic oxidation sites excluding steroid dienone is 1. The quantitative estimate of drug-likeness (QED) is 0.510. The molecule has 0 spiro atoms. The van der Waals surface area contributed by atoms with Crippen molar-refractivity contribution in [3.05, 3.63) is 59.6 Å². The molecule has 3 aromatic rings. The lowest BCUT2D eigenvalue weighted by molar-refractivity contribution is 0.390. The molecule has 0 unspecified atom stereocenters. The van der Waals surface area contributed by atoms with Gasteiger partial charge in [-0.2, -0.15) is 0 Å². The van der Waals surface area contributed by atoms with Crippen LogP contribution in [0.5, 0.6) is 0 Å². The second kappa shape index (κ2) is 7.07. The summed E-state index contributed by atoms with van der Waals surface area (Å²) in [5, 5.41) is 8.48. The molecule has 0 saturated carbocycles. The van der Waals surface area contributed by atoms with Crippen LogP contribution < -0.4 is 5.32 Å². The summed E-state index contributed by atoms with van der Waals surface area (Å²) in [5.41, 5.74) is 3.13. The number of benzene rings is 1. The van der Waals surface area contributed by atoms with E-state index in [4.69, 9.17) is 16.1 Å². The van der Waals surface area contributed by atoms with Crippen LogP contribution in [0, 0.1) is 0 Å². The van der Waals surface area contributed by atoms with E-state index in [2.05, 4.69) is 39.6 Å². The van der Waals surface area contributed by atoms with Gasteiger partial charge in [0, 0.05) is 11.6 Å². The molecule has 2 aromatic heterocycles. The first-order valence-electron chi connectivity index (χ1n) is 7.20. The Hall–Kier alpha value is -2.31. The highest BCUT2D eigenvalue weighted by Crippen LogP contribution is 2.28. The van der Waals surface area contributed by atoms with Crippen molar-refractivity contribution in [2.75, 3.05) is 5.32 Å². The van der Waals surface area contributed by atoms with E-state index in [1.165, 1.54) is 6.33 Å². The van der Waals surface area contributed by atoms with Crippen molar-refractivity contribution in [2.45, 2.75) is 18.5 Å². The maximum Gasteiger partial charge on any atom is 0.156 e. The van der Waals surface area contributed by atoms with E-state index >= 15 is 0 Å². The van der Waals surface area contributed by atoms with Gasteiger partial charge in [-0.05, 0) is 18.6 Å². The van der Waals surface area contributed by atoms with Crippen molar-refractivity contribution in [3.8, 4) is 11.3 Å². The minimum Gasteiger partial charge on any atom is -0.362 e. The van der Waals surface area contributed by atoms with Crippen LogP contribution in [-0.4, -0.2) is 15.1 Å². The van der Waals surface area contributed by atoms with Crippen molar-refractivity contribution in [1.29, 1.82) is 0 Å². The predicted molar refractivity (Wildman–Crippen MR) is 98.3 cm³/mol. The van der Waals surface area contributed by atoms with Gasteiger partial charge in [0.1, 0.15) is 22.9 Å². The molecule has 3 rings (SSSR count). The topological polar surface area (TPSA) is 63.8 Å². The van der Waals surface area contributed by atoms with Gasteiger partial charge >= 0.3 is 0 Å². The number of nitrogens with zero attached hydrogens (tertiary/aromatic N) is 3. The van der Waals surface area contributed by atoms with Gasteiger partial charge in [0.15, 0.2) is 5.76 Å². The van der Waals surface area contributed by atoms with Gasteiger partial charge in [0.25, 0.3) is 0 Å². The van der Waals surface area contributed by atoms with Crippen LogP contribution in [0.15, 0.2) is 52.8 Å². The minimum absolute atomic E-state index is 0.419. The molecule has 7 heteroatoms. The zero-order valence-corrected chi connectivity index (χ0v) is 14.6. The van der Waals surface area contributed by atoms with E-state index in [9.17, 15) is 0 Å². The lowest BCUT2D eigenvalue weighted by Crippen LogP contribution is -2.04. The molecule has 24 heavy (non-hydrogen) atoms. The molecular formula is C17H15ClN4OS. The average molecular weight is 359 g/mol. The summed E-state index contributed by atoms with van der Waals surface area (Å²) in [6.07, 6.45) is 1.45. The van der Waals surface area contributed by atoms with E-state index in [0.717, 1.165) is 16.7 Å². The molecule has 0 bridgehead atoms. The number of hydrogen-bond acceptors (Lipinski definition) is 6. The van der Waals surface area contributed by atoms with Crippen LogP contribution in [0.2, 0.25) is 5.02 Å². The third kappa shape index (κ3) is 3.44. The standard InChI is InChI=1S/C17H15ClN4OS/c1-10(2)15-16(20-9-21-17(15)24)19-8-11-7-14(22-23-11)12-5-3-4-6-13(12)18/h3-7,9H,1,8H2,2H3,(H2,19,20,21,24). The van der Waals surface area contributed by atoms with Gasteiger partial charge in [-0.25, -0.2) is 9.97 Å². The first-order chi connectivity index (χ1) is 11.6. The SMILES string of the molecule is C=C(C)c1c(S)ncnc1NCc1cc(-c2ccccc2Cl)no1. The summed E-state index contributed by atoms with van der Waals surface area (Å²) in [4.78, 5) is 8.31. The fourth-order valence-corrected chi connectivity index (χ4v) is 2.85. The number of hydrogen-bond donors (Lipinski definition) is 2. The second-order valence-electron chi connectivity index (χ2n) is 5.21. The van der Waals surface area contributed by atoms with Crippen LogP contribution in [0.25, 0.3) is 16.8 Å². The summed E-state index contributed by atoms with van der Waals surface area (Å²) >= 11 is 10.5. The number of nitrogens with one attached hydrogen (secondary N) is 1. The zero-order valence-electron chi connectivity index (χ0n) is 13.0. The first kappa shape index (κ1) is 16.5. The molecular weight excluding hydrogens is 344 g/mol. The Kier molecular flexibility index (Phi) is 4.87. The van der Waals surface area contributed by atoms with E-state index < -0.39 is 0 Å². The molecule has 0 aliphatic carbocycles. The molecule has 0 aliphatic rings. The highest BCUT2D eigenvalue weighted by Gasteiger charge is 2.12. The lowest BCUT2D eigenvalue weighted by atomic mass is 10.1. The van der Waals surface area contributed by atoms with Crippen LogP contribution in [0.4, 0.5) is 5.82 Å². The maximum atomic E-state index is 6.18. The van der Waals surface area contributed by atoms with Gasteiger partial charge in [-0.3, -0.25) is 0 Å². The van der Waals surface area contributed by atoms with Gasteiger partial charge in [-0.1, -0.05) is 41.5 Å². The van der Waals surface area contributed by atoms with Crippen molar-refractivity contribution < 1.29 is 4.52 Å². The van der Waals surface area contributed by atoms with Gasteiger partial charge in [0.05, 0.1) is 17.1 Å². The zero-order chi connectivity index (χ0) is 17.1. The molecule has 1 N–H and O–H groups in total. The first-order valence-corrected chi connectivity index (χ1v) is 8.03. The predicted octanol–water partition coefficient (Wildman–Crippen LogP) is 4.72. The van der Waals surface area contributed by atoms with Gasteiger partial charge < -0.3 is 9.84 Å². The third-order valence-electron chi connectivity index (χ3n) is 3.39. The second-order valence-corrected chi connectivity index (χ2v) is 6.04. The van der Waals surface area contributed by atoms with Crippen LogP contribution in [0.3, 0.4) is 0 Å². The van der Waals surface area contributed by atoms with Crippen molar-refractivity contribution in [2.24, 2.45) is 0 Å². The Morgan fingerprint density at radius 3 is 2.88 bits per heavy atom. The Morgan fingerprint density at radius 2 is 2.12 bits per heavy atom. The lowest BCUT2D eigenvalue weighted by Gasteiger charge is -2.10. The number of rotatable bonds is 5. The van der Waals surface area contributed by atoms with E-state index in [-0.39, 0.29) is 0 Å². The molecule has 0 fully saturated rings. The van der Waals surface area contributed by atoms with Gasteiger partial charge in [-0.15, -0.1) is 12.6 Å². The molecule has 1 aromatic carbocycles. The van der Waals surface area contributed by atoms with E-state index in [1.807, 2.05) is 37.3 Å². The summed E-state index contributed by atoms with van der Waals surface area (Å²) < 4.78 is 5.37. The van der Waals surface area contributed by atoms with Crippen LogP contribution >= 0.6 is 24.2 Å². The molecule has 0 saturated heterocycles. The fourth-order valence-electron chi connectivity index (χ4n) is 2.27. The molecule has 0 atom stereocenters. The molecule has 5 nitrogen and oxygen atoms in total. The minimum atomic E-state index is 0.419. The maximum absolute atomic E-state index is 6.18. The van der Waals surface area contributed by atoms with Crippen LogP contribution in [0.1, 0.15) is 18.2 Å². The summed E-state index contributed by atoms with van der Waals surface area (Å²) in [6, 6.07) is 9.34. The Balaban J connectivity index is 1.79. The number of anilines is 1. The van der Waals surface area contributed by atoms with Crippen LogP contribution in [-0.2, 0) is 6.54 Å². The fraction of sp³-hybridized carbons (Fsp3) is 0.118. The van der Waals surface area contributed by atoms with Crippen molar-refractivity contribution in [1.82, 2.24) is 15.1 Å². The molecule has 122 valence electrons. The summed E-state index contributed by atoms with van der Waals surface area (Å²) in [6.45, 7) is 6.24.